The number of carbonyl (C=O) groups excluding carboxylic acids is 1. The summed E-state index contributed by atoms with van der Waals surface area (Å²) in [6.07, 6.45) is 0.698. The molecular weight excluding hydrogens is 458 g/mol. The molecule has 3 heterocycles. The minimum Gasteiger partial charge on any atom is -0.486 e. The molecule has 0 radical (unpaired) electrons. The van der Waals surface area contributed by atoms with Crippen LogP contribution in [0.15, 0.2) is 53.6 Å². The van der Waals surface area contributed by atoms with E-state index in [1.54, 1.807) is 6.07 Å². The molecule has 0 spiro atoms. The van der Waals surface area contributed by atoms with Gasteiger partial charge in [-0.2, -0.15) is 5.10 Å². The van der Waals surface area contributed by atoms with Gasteiger partial charge in [-0.05, 0) is 24.1 Å². The number of hydrazone groups is 1. The Hall–Kier alpha value is -3.65. The monoisotopic (exact) mass is 479 g/mol. The van der Waals surface area contributed by atoms with Crippen LogP contribution in [0.25, 0.3) is 10.9 Å². The molecule has 1 atom stereocenters. The van der Waals surface area contributed by atoms with Crippen molar-refractivity contribution >= 4 is 40.1 Å². The lowest BCUT2D eigenvalue weighted by Crippen LogP contribution is -2.27. The topological polar surface area (TPSA) is 101 Å². The molecule has 0 fully saturated rings. The second-order valence-corrected chi connectivity index (χ2v) is 8.53. The van der Waals surface area contributed by atoms with Crippen molar-refractivity contribution in [2.45, 2.75) is 31.7 Å². The Labute approximate surface area is 200 Å². The summed E-state index contributed by atoms with van der Waals surface area (Å²) < 4.78 is 11.4. The lowest BCUT2D eigenvalue weighted by molar-refractivity contribution is -0.137. The quantitative estimate of drug-likeness (QED) is 0.519. The predicted molar refractivity (Wildman–Crippen MR) is 126 cm³/mol. The Morgan fingerprint density at radius 1 is 1.06 bits per heavy atom. The van der Waals surface area contributed by atoms with E-state index in [2.05, 4.69) is 10.1 Å². The second-order valence-electron chi connectivity index (χ2n) is 8.18. The third-order valence-electron chi connectivity index (χ3n) is 5.87. The van der Waals surface area contributed by atoms with Crippen molar-refractivity contribution < 1.29 is 24.2 Å². The van der Waals surface area contributed by atoms with E-state index in [4.69, 9.17) is 26.2 Å². The van der Waals surface area contributed by atoms with Gasteiger partial charge in [0.15, 0.2) is 11.5 Å². The molecule has 2 aromatic carbocycles. The summed E-state index contributed by atoms with van der Waals surface area (Å²) in [6, 6.07) is 14.8. The van der Waals surface area contributed by atoms with Crippen LogP contribution in [0, 0.1) is 0 Å². The van der Waals surface area contributed by atoms with Crippen LogP contribution in [0.3, 0.4) is 0 Å². The molecule has 8 nitrogen and oxygen atoms in total. The highest BCUT2D eigenvalue weighted by atomic mass is 35.5. The maximum Gasteiger partial charge on any atom is 0.303 e. The third-order valence-corrected chi connectivity index (χ3v) is 6.18. The van der Waals surface area contributed by atoms with Crippen LogP contribution in [0.1, 0.15) is 42.9 Å². The third kappa shape index (κ3) is 4.41. The van der Waals surface area contributed by atoms with Gasteiger partial charge in [-0.15, -0.1) is 0 Å². The number of carboxylic acid groups (broad SMARTS) is 1. The second kappa shape index (κ2) is 9.30. The number of benzene rings is 2. The van der Waals surface area contributed by atoms with E-state index in [9.17, 15) is 9.59 Å². The average Bonchev–Trinajstić information content (AvgIpc) is 3.28. The molecule has 174 valence electrons. The lowest BCUT2D eigenvalue weighted by atomic mass is 9.98. The van der Waals surface area contributed by atoms with Crippen LogP contribution in [-0.2, 0) is 9.59 Å². The van der Waals surface area contributed by atoms with Crippen molar-refractivity contribution in [3.8, 4) is 11.5 Å². The van der Waals surface area contributed by atoms with E-state index < -0.39 is 12.0 Å². The Balaban J connectivity index is 1.51. The summed E-state index contributed by atoms with van der Waals surface area (Å²) in [4.78, 5) is 28.5. The molecule has 0 aliphatic carbocycles. The molecule has 1 N–H and O–H groups in total. The number of carboxylic acids is 1. The van der Waals surface area contributed by atoms with Crippen molar-refractivity contribution in [2.75, 3.05) is 13.2 Å². The van der Waals surface area contributed by atoms with Gasteiger partial charge in [-0.1, -0.05) is 41.9 Å². The van der Waals surface area contributed by atoms with Gasteiger partial charge in [0.2, 0.25) is 5.91 Å². The first-order valence-corrected chi connectivity index (χ1v) is 11.4. The van der Waals surface area contributed by atoms with Gasteiger partial charge in [0.1, 0.15) is 18.4 Å². The molecule has 9 heteroatoms. The molecular formula is C25H22ClN3O5. The van der Waals surface area contributed by atoms with Gasteiger partial charge in [-0.3, -0.25) is 9.59 Å². The Kier molecular flexibility index (Phi) is 6.06. The van der Waals surface area contributed by atoms with E-state index >= 15 is 0 Å². The summed E-state index contributed by atoms with van der Waals surface area (Å²) >= 11 is 6.63. The summed E-state index contributed by atoms with van der Waals surface area (Å²) in [5, 5.41) is 16.1. The van der Waals surface area contributed by atoms with Crippen molar-refractivity contribution in [3.63, 3.8) is 0 Å². The van der Waals surface area contributed by atoms with Crippen molar-refractivity contribution in [1.29, 1.82) is 0 Å². The summed E-state index contributed by atoms with van der Waals surface area (Å²) in [6.45, 7) is 0.951. The number of carbonyl (C=O) groups is 2. The zero-order chi connectivity index (χ0) is 23.7. The predicted octanol–water partition coefficient (Wildman–Crippen LogP) is 4.59. The fraction of sp³-hybridized carbons (Fsp3) is 0.280. The van der Waals surface area contributed by atoms with E-state index in [1.807, 2.05) is 42.5 Å². The van der Waals surface area contributed by atoms with E-state index in [0.29, 0.717) is 42.2 Å². The van der Waals surface area contributed by atoms with Crippen LogP contribution in [0.2, 0.25) is 5.15 Å². The number of amides is 1. The van der Waals surface area contributed by atoms with Crippen LogP contribution in [0.4, 0.5) is 0 Å². The average molecular weight is 480 g/mol. The number of fused-ring (bicyclic) bond motifs is 2. The summed E-state index contributed by atoms with van der Waals surface area (Å²) in [5.41, 5.74) is 3.01. The molecule has 2 aliphatic rings. The van der Waals surface area contributed by atoms with E-state index in [1.165, 1.54) is 5.01 Å². The Morgan fingerprint density at radius 2 is 1.79 bits per heavy atom. The molecule has 2 aliphatic heterocycles. The SMILES string of the molecule is O=C(O)CCCC(=O)N1N=C(c2ccccc2)CC1c1cc2cc3c(cc2nc1Cl)OCCO3. The van der Waals surface area contributed by atoms with Crippen molar-refractivity contribution in [3.05, 3.63) is 64.8 Å². The van der Waals surface area contributed by atoms with Gasteiger partial charge >= 0.3 is 5.97 Å². The lowest BCUT2D eigenvalue weighted by Gasteiger charge is -2.23. The minimum atomic E-state index is -0.935. The number of aliphatic carboxylic acids is 1. The largest absolute Gasteiger partial charge is 0.486 e. The zero-order valence-corrected chi connectivity index (χ0v) is 19.0. The highest BCUT2D eigenvalue weighted by Gasteiger charge is 2.34. The maximum atomic E-state index is 13.1. The van der Waals surface area contributed by atoms with Crippen LogP contribution in [0.5, 0.6) is 11.5 Å². The van der Waals surface area contributed by atoms with Crippen LogP contribution >= 0.6 is 11.6 Å². The van der Waals surface area contributed by atoms with Crippen molar-refractivity contribution in [1.82, 2.24) is 9.99 Å². The van der Waals surface area contributed by atoms with Crippen molar-refractivity contribution in [2.24, 2.45) is 5.10 Å². The minimum absolute atomic E-state index is 0.0751. The highest BCUT2D eigenvalue weighted by molar-refractivity contribution is 6.30. The maximum absolute atomic E-state index is 13.1. The number of ether oxygens (including phenoxy) is 2. The number of aromatic nitrogens is 1. The van der Waals surface area contributed by atoms with Gasteiger partial charge in [0, 0.05) is 36.3 Å². The van der Waals surface area contributed by atoms with Gasteiger partial charge in [0.05, 0.1) is 17.3 Å². The summed E-state index contributed by atoms with van der Waals surface area (Å²) in [7, 11) is 0. The molecule has 0 saturated heterocycles. The standard InChI is InChI=1S/C25H22ClN3O5/c26-25-17(11-16-12-21-22(14-18(16)27-25)34-10-9-33-21)20-13-19(15-5-2-1-3-6-15)28-29(20)23(30)7-4-8-24(31)32/h1-3,5-6,11-12,14,20H,4,7-10,13H2,(H,31,32). The summed E-state index contributed by atoms with van der Waals surface area (Å²) in [5.74, 6) is 0.0787. The number of halogens is 1. The molecule has 34 heavy (non-hydrogen) atoms. The number of hydrogen-bond donors (Lipinski definition) is 1. The van der Waals surface area contributed by atoms with Crippen LogP contribution < -0.4 is 9.47 Å². The molecule has 3 aromatic rings. The number of hydrogen-bond acceptors (Lipinski definition) is 6. The first-order chi connectivity index (χ1) is 16.5. The molecule has 0 saturated carbocycles. The fourth-order valence-electron chi connectivity index (χ4n) is 4.23. The fourth-order valence-corrected chi connectivity index (χ4v) is 4.50. The van der Waals surface area contributed by atoms with Gasteiger partial charge in [-0.25, -0.2) is 9.99 Å². The van der Waals surface area contributed by atoms with Gasteiger partial charge < -0.3 is 14.6 Å². The first-order valence-electron chi connectivity index (χ1n) is 11.1. The zero-order valence-electron chi connectivity index (χ0n) is 18.2. The molecule has 1 unspecified atom stereocenters. The molecule has 1 aromatic heterocycles. The number of nitrogens with zero attached hydrogens (tertiary/aromatic N) is 3. The normalized spacial score (nSPS) is 17.0. The van der Waals surface area contributed by atoms with Crippen LogP contribution in [-0.4, -0.2) is 45.9 Å². The smallest absolute Gasteiger partial charge is 0.303 e. The first kappa shape index (κ1) is 22.2. The molecule has 5 rings (SSSR count). The van der Waals surface area contributed by atoms with E-state index in [-0.39, 0.29) is 30.3 Å². The Bertz CT molecular complexity index is 1290. The molecule has 1 amide bonds. The molecule has 0 bridgehead atoms. The van der Waals surface area contributed by atoms with E-state index in [0.717, 1.165) is 16.7 Å². The van der Waals surface area contributed by atoms with Gasteiger partial charge in [0.25, 0.3) is 0 Å². The number of rotatable bonds is 6. The Morgan fingerprint density at radius 3 is 2.53 bits per heavy atom. The number of pyridine rings is 1. The highest BCUT2D eigenvalue weighted by Crippen LogP contribution is 2.40.